The van der Waals surface area contributed by atoms with Gasteiger partial charge in [0.1, 0.15) is 11.7 Å². The van der Waals surface area contributed by atoms with Crippen LogP contribution in [0.1, 0.15) is 71.6 Å². The summed E-state index contributed by atoms with van der Waals surface area (Å²) in [5, 5.41) is 3.57. The second-order valence-electron chi connectivity index (χ2n) is 10.1. The van der Waals surface area contributed by atoms with Crippen molar-refractivity contribution in [2.75, 3.05) is 13.1 Å². The van der Waals surface area contributed by atoms with Gasteiger partial charge in [-0.3, -0.25) is 4.79 Å². The molecule has 0 unspecified atom stereocenters. The Kier molecular flexibility index (Phi) is 4.43. The molecule has 7 atom stereocenters. The molecule has 5 aliphatic rings. The molecule has 4 fully saturated rings. The fraction of sp³-hybridized carbons (Fsp3) is 0.870. The maximum Gasteiger partial charge on any atom is 0.311 e. The summed E-state index contributed by atoms with van der Waals surface area (Å²) in [6, 6.07) is 0. The van der Waals surface area contributed by atoms with Crippen LogP contribution in [0.3, 0.4) is 0 Å². The zero-order valence-electron chi connectivity index (χ0n) is 17.0. The Morgan fingerprint density at radius 1 is 1.30 bits per heavy atom. The van der Waals surface area contributed by atoms with E-state index in [2.05, 4.69) is 25.2 Å². The van der Waals surface area contributed by atoms with Gasteiger partial charge in [-0.1, -0.05) is 31.9 Å². The molecule has 3 aliphatic carbocycles. The van der Waals surface area contributed by atoms with Crippen LogP contribution in [0, 0.1) is 23.2 Å². The van der Waals surface area contributed by atoms with Gasteiger partial charge in [0.15, 0.2) is 0 Å². The van der Waals surface area contributed by atoms with Crippen LogP contribution in [0.5, 0.6) is 0 Å². The third kappa shape index (κ3) is 2.73. The largest absolute Gasteiger partial charge is 0.462 e. The van der Waals surface area contributed by atoms with E-state index in [1.807, 2.05) is 0 Å². The number of carbonyl (C=O) groups is 1. The van der Waals surface area contributed by atoms with Gasteiger partial charge in [0.2, 0.25) is 0 Å². The van der Waals surface area contributed by atoms with Crippen molar-refractivity contribution in [1.82, 2.24) is 5.32 Å². The fourth-order valence-corrected chi connectivity index (χ4v) is 7.10. The van der Waals surface area contributed by atoms with Crippen LogP contribution in [-0.2, 0) is 14.3 Å². The molecule has 4 nitrogen and oxygen atoms in total. The number of nitrogens with one attached hydrogen (secondary N) is 1. The van der Waals surface area contributed by atoms with E-state index in [4.69, 9.17) is 9.47 Å². The quantitative estimate of drug-likeness (QED) is 0.343. The van der Waals surface area contributed by atoms with Crippen molar-refractivity contribution < 1.29 is 14.3 Å². The van der Waals surface area contributed by atoms with Gasteiger partial charge < -0.3 is 14.8 Å². The lowest BCUT2D eigenvalue weighted by atomic mass is 9.53. The van der Waals surface area contributed by atoms with Gasteiger partial charge in [0.25, 0.3) is 0 Å². The van der Waals surface area contributed by atoms with Gasteiger partial charge in [-0.05, 0) is 63.8 Å². The lowest BCUT2D eigenvalue weighted by Crippen LogP contribution is -2.54. The Labute approximate surface area is 163 Å². The standard InChI is InChI=1S/C23H35NO3/c1-15-7-6-11-22(2)13-18-19(20-23(15,22)27-20)17(21(25)26-18)14-24-12-10-16-8-4-3-5-9-16/h8,15,17-20,24H,3-7,9-14H2,1-2H3/t15-,17+,18+,19+,20-,22+,23-/m0/s1. The molecule has 0 radical (unpaired) electrons. The van der Waals surface area contributed by atoms with E-state index in [0.717, 1.165) is 25.9 Å². The van der Waals surface area contributed by atoms with Gasteiger partial charge in [-0.25, -0.2) is 0 Å². The molecule has 0 aromatic rings. The third-order valence-electron chi connectivity index (χ3n) is 8.57. The van der Waals surface area contributed by atoms with Crippen molar-refractivity contribution in [3.05, 3.63) is 11.6 Å². The first-order valence-electron chi connectivity index (χ1n) is 11.3. The zero-order valence-corrected chi connectivity index (χ0v) is 17.0. The molecular formula is C23H35NO3. The van der Waals surface area contributed by atoms with Crippen LogP contribution >= 0.6 is 0 Å². The van der Waals surface area contributed by atoms with Crippen molar-refractivity contribution in [2.24, 2.45) is 23.2 Å². The Balaban J connectivity index is 1.23. The molecule has 2 heterocycles. The van der Waals surface area contributed by atoms with Gasteiger partial charge in [-0.2, -0.15) is 0 Å². The van der Waals surface area contributed by atoms with Crippen LogP contribution in [0.4, 0.5) is 0 Å². The summed E-state index contributed by atoms with van der Waals surface area (Å²) in [7, 11) is 0. The summed E-state index contributed by atoms with van der Waals surface area (Å²) in [6.45, 7) is 6.46. The van der Waals surface area contributed by atoms with Crippen LogP contribution in [0.25, 0.3) is 0 Å². The van der Waals surface area contributed by atoms with Gasteiger partial charge in [-0.15, -0.1) is 0 Å². The average Bonchev–Trinajstić information content (AvgIpc) is 3.34. The second-order valence-corrected chi connectivity index (χ2v) is 10.1. The molecule has 4 heteroatoms. The molecular weight excluding hydrogens is 338 g/mol. The highest BCUT2D eigenvalue weighted by atomic mass is 16.6. The van der Waals surface area contributed by atoms with E-state index >= 15 is 0 Å². The lowest BCUT2D eigenvalue weighted by molar-refractivity contribution is -0.146. The predicted molar refractivity (Wildman–Crippen MR) is 104 cm³/mol. The van der Waals surface area contributed by atoms with Crippen molar-refractivity contribution in [3.63, 3.8) is 0 Å². The van der Waals surface area contributed by atoms with Gasteiger partial charge in [0, 0.05) is 17.9 Å². The second kappa shape index (κ2) is 6.59. The average molecular weight is 374 g/mol. The number of ether oxygens (including phenoxy) is 2. The molecule has 150 valence electrons. The lowest BCUT2D eigenvalue weighted by Gasteiger charge is -2.48. The highest BCUT2D eigenvalue weighted by Crippen LogP contribution is 2.70. The first-order chi connectivity index (χ1) is 13.1. The molecule has 2 saturated heterocycles. The van der Waals surface area contributed by atoms with Crippen molar-refractivity contribution in [3.8, 4) is 0 Å². The molecule has 0 amide bonds. The highest BCUT2D eigenvalue weighted by molar-refractivity contribution is 5.76. The first-order valence-corrected chi connectivity index (χ1v) is 11.3. The van der Waals surface area contributed by atoms with Gasteiger partial charge in [0.05, 0.1) is 12.0 Å². The maximum absolute atomic E-state index is 12.7. The molecule has 2 saturated carbocycles. The summed E-state index contributed by atoms with van der Waals surface area (Å²) in [5.41, 5.74) is 1.80. The molecule has 0 aromatic carbocycles. The number of carbonyl (C=O) groups excluding carboxylic acids is 1. The molecule has 1 spiro atoms. The summed E-state index contributed by atoms with van der Waals surface area (Å²) < 4.78 is 12.4. The summed E-state index contributed by atoms with van der Waals surface area (Å²) >= 11 is 0. The van der Waals surface area contributed by atoms with E-state index in [0.29, 0.717) is 5.92 Å². The third-order valence-corrected chi connectivity index (χ3v) is 8.57. The minimum atomic E-state index is -0.0293. The van der Waals surface area contributed by atoms with Crippen LogP contribution < -0.4 is 5.32 Å². The number of epoxide rings is 1. The number of fused-ring (bicyclic) bond motifs is 2. The molecule has 5 rings (SSSR count). The van der Waals surface area contributed by atoms with E-state index < -0.39 is 0 Å². The Morgan fingerprint density at radius 2 is 2.19 bits per heavy atom. The van der Waals surface area contributed by atoms with E-state index in [-0.39, 0.29) is 41.0 Å². The maximum atomic E-state index is 12.7. The van der Waals surface area contributed by atoms with Gasteiger partial charge >= 0.3 is 5.97 Å². The van der Waals surface area contributed by atoms with Crippen LogP contribution in [0.2, 0.25) is 0 Å². The molecule has 1 N–H and O–H groups in total. The molecule has 0 bridgehead atoms. The predicted octanol–water partition coefficient (Wildman–Crippen LogP) is 3.99. The smallest absolute Gasteiger partial charge is 0.311 e. The fourth-order valence-electron chi connectivity index (χ4n) is 7.10. The molecule has 0 aromatic heterocycles. The number of esters is 1. The number of rotatable bonds is 5. The summed E-state index contributed by atoms with van der Waals surface area (Å²) in [4.78, 5) is 12.7. The Morgan fingerprint density at radius 3 is 3.00 bits per heavy atom. The minimum absolute atomic E-state index is 0.00920. The van der Waals surface area contributed by atoms with Crippen LogP contribution in [0.15, 0.2) is 11.6 Å². The SMILES string of the molecule is C[C@H]1CCC[C@]2(C)C[C@H]3OC(=O)[C@H](CNCCC4=CCCCC4)[C@H]3[C@@H]3O[C@@]132. The number of allylic oxidation sites excluding steroid dienone is 1. The van der Waals surface area contributed by atoms with E-state index in [1.54, 1.807) is 5.57 Å². The zero-order chi connectivity index (χ0) is 18.6. The summed E-state index contributed by atoms with van der Waals surface area (Å²) in [5.74, 6) is 0.839. The van der Waals surface area contributed by atoms with Crippen LogP contribution in [-0.4, -0.2) is 36.9 Å². The van der Waals surface area contributed by atoms with E-state index in [1.165, 1.54) is 44.9 Å². The Hall–Kier alpha value is -0.870. The minimum Gasteiger partial charge on any atom is -0.462 e. The monoisotopic (exact) mass is 373 g/mol. The van der Waals surface area contributed by atoms with Crippen molar-refractivity contribution >= 4 is 5.97 Å². The van der Waals surface area contributed by atoms with E-state index in [9.17, 15) is 4.79 Å². The normalized spacial score (nSPS) is 48.1. The molecule has 2 aliphatic heterocycles. The number of hydrogen-bond donors (Lipinski definition) is 1. The topological polar surface area (TPSA) is 50.9 Å². The Bertz CT molecular complexity index is 646. The molecule has 27 heavy (non-hydrogen) atoms. The van der Waals surface area contributed by atoms with Crippen molar-refractivity contribution in [1.29, 1.82) is 0 Å². The first kappa shape index (κ1) is 18.2. The summed E-state index contributed by atoms with van der Waals surface area (Å²) in [6.07, 6.45) is 13.8. The van der Waals surface area contributed by atoms with Crippen molar-refractivity contribution in [2.45, 2.75) is 89.4 Å². The number of hydrogen-bond acceptors (Lipinski definition) is 4. The highest BCUT2D eigenvalue weighted by Gasteiger charge is 2.78.